The van der Waals surface area contributed by atoms with Crippen LogP contribution in [0.1, 0.15) is 65.2 Å². The molecule has 1 aromatic carbocycles. The highest BCUT2D eigenvalue weighted by Gasteiger charge is 2.09. The number of rotatable bonds is 12. The number of para-hydroxylation sites is 2. The van der Waals surface area contributed by atoms with Gasteiger partial charge in [-0.3, -0.25) is 9.98 Å². The summed E-state index contributed by atoms with van der Waals surface area (Å²) in [5.74, 6) is 0. The van der Waals surface area contributed by atoms with Gasteiger partial charge in [0, 0.05) is 13.2 Å². The van der Waals surface area contributed by atoms with E-state index in [1.165, 1.54) is 32.1 Å². The highest BCUT2D eigenvalue weighted by molar-refractivity contribution is 5.75. The van der Waals surface area contributed by atoms with Gasteiger partial charge in [-0.25, -0.2) is 0 Å². The molecule has 1 aromatic heterocycles. The molecule has 1 N–H and O–H groups in total. The Kier molecular flexibility index (Phi) is 8.10. The zero-order valence-corrected chi connectivity index (χ0v) is 15.4. The fourth-order valence-electron chi connectivity index (χ4n) is 3.11. The van der Waals surface area contributed by atoms with E-state index in [2.05, 4.69) is 30.5 Å². The molecule has 2 rings (SSSR count). The number of nitrogens with zero attached hydrogens (tertiary/aromatic N) is 2. The highest BCUT2D eigenvalue weighted by atomic mass is 16.5. The minimum absolute atomic E-state index is 0.480. The lowest BCUT2D eigenvalue weighted by atomic mass is 10.1. The smallest absolute Gasteiger partial charge is 0.204 e. The van der Waals surface area contributed by atoms with Crippen LogP contribution in [0.25, 0.3) is 11.0 Å². The number of imidazole rings is 1. The number of benzene rings is 1. The minimum Gasteiger partial charge on any atom is -0.361 e. The molecule has 0 aliphatic rings. The number of fused-ring (bicyclic) bond motifs is 1. The van der Waals surface area contributed by atoms with Crippen molar-refractivity contribution in [2.45, 2.75) is 78.5 Å². The van der Waals surface area contributed by atoms with Crippen LogP contribution >= 0.6 is 0 Å². The Labute approximate surface area is 146 Å². The van der Waals surface area contributed by atoms with E-state index < -0.39 is 0 Å². The predicted molar refractivity (Wildman–Crippen MR) is 100 cm³/mol. The average molecular weight is 332 g/mol. The van der Waals surface area contributed by atoms with Crippen LogP contribution in [-0.2, 0) is 18.0 Å². The van der Waals surface area contributed by atoms with E-state index in [0.29, 0.717) is 12.3 Å². The molecule has 0 aliphatic carbocycles. The summed E-state index contributed by atoms with van der Waals surface area (Å²) in [6, 6.07) is 8.28. The molecule has 1 heterocycles. The molecule has 0 amide bonds. The summed E-state index contributed by atoms with van der Waals surface area (Å²) >= 11 is 0. The van der Waals surface area contributed by atoms with Gasteiger partial charge in [0.15, 0.2) is 0 Å². The lowest BCUT2D eigenvalue weighted by molar-refractivity contribution is 0.0729. The second-order valence-electron chi connectivity index (χ2n) is 6.55. The van der Waals surface area contributed by atoms with Crippen molar-refractivity contribution in [1.82, 2.24) is 9.13 Å². The van der Waals surface area contributed by atoms with E-state index >= 15 is 0 Å². The summed E-state index contributed by atoms with van der Waals surface area (Å²) < 4.78 is 9.95. The fourth-order valence-corrected chi connectivity index (χ4v) is 3.11. The molecule has 0 fully saturated rings. The van der Waals surface area contributed by atoms with Crippen molar-refractivity contribution in [3.63, 3.8) is 0 Å². The monoisotopic (exact) mass is 331 g/mol. The van der Waals surface area contributed by atoms with Gasteiger partial charge in [-0.2, -0.15) is 0 Å². The first-order valence-corrected chi connectivity index (χ1v) is 9.60. The first kappa shape index (κ1) is 18.8. The maximum atomic E-state index is 8.49. The fraction of sp³-hybridized carbons (Fsp3) is 0.650. The predicted octanol–water partition coefficient (Wildman–Crippen LogP) is 5.06. The van der Waals surface area contributed by atoms with Gasteiger partial charge in [0.25, 0.3) is 0 Å². The molecule has 0 spiro atoms. The molecule has 0 aliphatic heterocycles. The van der Waals surface area contributed by atoms with Gasteiger partial charge < -0.3 is 9.30 Å². The van der Waals surface area contributed by atoms with Gasteiger partial charge >= 0.3 is 0 Å². The number of nitrogens with one attached hydrogen (secondary N) is 1. The third kappa shape index (κ3) is 4.97. The maximum absolute atomic E-state index is 8.49. The SMILES string of the molecule is CCCCCCCCOCn1c(=N)n(CCCC)c2ccccc21. The van der Waals surface area contributed by atoms with Crippen molar-refractivity contribution in [2.24, 2.45) is 0 Å². The van der Waals surface area contributed by atoms with Crippen molar-refractivity contribution in [2.75, 3.05) is 6.61 Å². The number of ether oxygens (including phenoxy) is 1. The van der Waals surface area contributed by atoms with Gasteiger partial charge in [0.2, 0.25) is 5.62 Å². The normalized spacial score (nSPS) is 11.4. The van der Waals surface area contributed by atoms with Crippen LogP contribution in [0.4, 0.5) is 0 Å². The summed E-state index contributed by atoms with van der Waals surface area (Å²) in [5, 5.41) is 8.49. The van der Waals surface area contributed by atoms with Gasteiger partial charge in [-0.15, -0.1) is 0 Å². The van der Waals surface area contributed by atoms with Crippen LogP contribution in [0.5, 0.6) is 0 Å². The molecule has 0 saturated heterocycles. The van der Waals surface area contributed by atoms with Crippen molar-refractivity contribution in [3.8, 4) is 0 Å². The third-order valence-corrected chi connectivity index (χ3v) is 4.57. The lowest BCUT2D eigenvalue weighted by Crippen LogP contribution is -2.25. The summed E-state index contributed by atoms with van der Waals surface area (Å²) in [7, 11) is 0. The number of hydrogen-bond donors (Lipinski definition) is 1. The highest BCUT2D eigenvalue weighted by Crippen LogP contribution is 2.14. The molecule has 134 valence electrons. The first-order valence-electron chi connectivity index (χ1n) is 9.60. The zero-order chi connectivity index (χ0) is 17.2. The summed E-state index contributed by atoms with van der Waals surface area (Å²) in [4.78, 5) is 0. The quantitative estimate of drug-likeness (QED) is 0.543. The Morgan fingerprint density at radius 1 is 0.833 bits per heavy atom. The number of unbranched alkanes of at least 4 members (excludes halogenated alkanes) is 6. The molecular formula is C20H33N3O. The Morgan fingerprint density at radius 2 is 1.46 bits per heavy atom. The van der Waals surface area contributed by atoms with Gasteiger partial charge in [-0.1, -0.05) is 64.5 Å². The van der Waals surface area contributed by atoms with Gasteiger partial charge in [0.1, 0.15) is 6.73 Å². The topological polar surface area (TPSA) is 42.9 Å². The van der Waals surface area contributed by atoms with E-state index in [1.54, 1.807) is 0 Å². The molecule has 0 radical (unpaired) electrons. The Morgan fingerprint density at radius 3 is 2.17 bits per heavy atom. The van der Waals surface area contributed by atoms with Gasteiger partial charge in [0.05, 0.1) is 11.0 Å². The molecule has 4 heteroatoms. The second kappa shape index (κ2) is 10.3. The molecule has 2 aromatic rings. The standard InChI is InChI=1S/C20H33N3O/c1-3-5-7-8-9-12-16-24-17-23-19-14-11-10-13-18(19)22(20(23)21)15-6-4-2/h10-11,13-14,21H,3-9,12,15-17H2,1-2H3. The van der Waals surface area contributed by atoms with E-state index in [-0.39, 0.29) is 0 Å². The average Bonchev–Trinajstić information content (AvgIpc) is 2.87. The molecule has 0 atom stereocenters. The van der Waals surface area contributed by atoms with Crippen LogP contribution in [0.2, 0.25) is 0 Å². The van der Waals surface area contributed by atoms with Crippen LogP contribution < -0.4 is 5.62 Å². The molecular weight excluding hydrogens is 298 g/mol. The summed E-state index contributed by atoms with van der Waals surface area (Å²) in [6.07, 6.45) is 9.89. The molecule has 0 saturated carbocycles. The molecule has 4 nitrogen and oxygen atoms in total. The van der Waals surface area contributed by atoms with Crippen molar-refractivity contribution in [1.29, 1.82) is 5.41 Å². The third-order valence-electron chi connectivity index (χ3n) is 4.57. The summed E-state index contributed by atoms with van der Waals surface area (Å²) in [5.41, 5.74) is 2.79. The largest absolute Gasteiger partial charge is 0.361 e. The van der Waals surface area contributed by atoms with Crippen molar-refractivity contribution >= 4 is 11.0 Å². The van der Waals surface area contributed by atoms with Crippen molar-refractivity contribution < 1.29 is 4.74 Å². The van der Waals surface area contributed by atoms with Crippen molar-refractivity contribution in [3.05, 3.63) is 29.9 Å². The van der Waals surface area contributed by atoms with Crippen LogP contribution in [0, 0.1) is 5.41 Å². The zero-order valence-electron chi connectivity index (χ0n) is 15.4. The Bertz CT molecular complexity index is 656. The van der Waals surface area contributed by atoms with Crippen LogP contribution in [0.15, 0.2) is 24.3 Å². The first-order chi connectivity index (χ1) is 11.8. The molecule has 24 heavy (non-hydrogen) atoms. The Hall–Kier alpha value is -1.55. The Balaban J connectivity index is 1.92. The summed E-state index contributed by atoms with van der Waals surface area (Å²) in [6.45, 7) is 6.60. The van der Waals surface area contributed by atoms with E-state index in [9.17, 15) is 0 Å². The van der Waals surface area contributed by atoms with Gasteiger partial charge in [-0.05, 0) is 25.0 Å². The van der Waals surface area contributed by atoms with E-state index in [4.69, 9.17) is 10.1 Å². The minimum atomic E-state index is 0.480. The number of aryl methyl sites for hydroxylation is 1. The lowest BCUT2D eigenvalue weighted by Gasteiger charge is -2.07. The molecule has 0 bridgehead atoms. The number of aromatic nitrogens is 2. The molecule has 0 unspecified atom stereocenters. The van der Waals surface area contributed by atoms with E-state index in [0.717, 1.165) is 43.4 Å². The second-order valence-corrected chi connectivity index (χ2v) is 6.55. The van der Waals surface area contributed by atoms with Crippen LogP contribution in [0.3, 0.4) is 0 Å². The van der Waals surface area contributed by atoms with Crippen LogP contribution in [-0.4, -0.2) is 15.7 Å². The number of hydrogen-bond acceptors (Lipinski definition) is 2. The van der Waals surface area contributed by atoms with E-state index in [1.807, 2.05) is 16.7 Å². The maximum Gasteiger partial charge on any atom is 0.204 e.